The average Bonchev–Trinajstić information content (AvgIpc) is 2.36. The summed E-state index contributed by atoms with van der Waals surface area (Å²) in [6.45, 7) is 11.1. The molecule has 0 fully saturated rings. The van der Waals surface area contributed by atoms with E-state index < -0.39 is 0 Å². The Hall–Kier alpha value is -1.36. The number of nitrogens with one attached hydrogen (secondary N) is 1. The lowest BCUT2D eigenvalue weighted by atomic mass is 10.2. The second kappa shape index (κ2) is 6.70. The Balaban J connectivity index is 3.33. The molecule has 2 N–H and O–H groups in total. The van der Waals surface area contributed by atoms with Gasteiger partial charge in [-0.25, -0.2) is 9.97 Å². The molecule has 108 valence electrons. The first-order chi connectivity index (χ1) is 8.92. The molecule has 0 radical (unpaired) electrons. The largest absolute Gasteiger partial charge is 0.395 e. The van der Waals surface area contributed by atoms with Gasteiger partial charge in [0.2, 0.25) is 0 Å². The van der Waals surface area contributed by atoms with Crippen molar-refractivity contribution in [1.29, 1.82) is 0 Å². The molecule has 0 aromatic carbocycles. The van der Waals surface area contributed by atoms with Gasteiger partial charge in [0.25, 0.3) is 0 Å². The third kappa shape index (κ3) is 3.56. The Bertz CT molecular complexity index is 418. The average molecular weight is 266 g/mol. The highest BCUT2D eigenvalue weighted by molar-refractivity contribution is 5.59. The van der Waals surface area contributed by atoms with Crippen molar-refractivity contribution in [2.45, 2.75) is 46.6 Å². The summed E-state index contributed by atoms with van der Waals surface area (Å²) in [6, 6.07) is 0.283. The summed E-state index contributed by atoms with van der Waals surface area (Å²) in [5, 5.41) is 12.4. The third-order valence-corrected chi connectivity index (χ3v) is 3.13. The minimum atomic E-state index is 0.119. The van der Waals surface area contributed by atoms with Gasteiger partial charge in [-0.2, -0.15) is 0 Å². The number of anilines is 2. The zero-order valence-corrected chi connectivity index (χ0v) is 12.9. The first-order valence-corrected chi connectivity index (χ1v) is 6.86. The SMILES string of the molecule is CNc1nc(C(C)C)nc(N(CCO)C(C)C)c1C. The smallest absolute Gasteiger partial charge is 0.137 e. The van der Waals surface area contributed by atoms with Crippen LogP contribution >= 0.6 is 0 Å². The van der Waals surface area contributed by atoms with Gasteiger partial charge in [-0.3, -0.25) is 0 Å². The zero-order chi connectivity index (χ0) is 14.6. The molecule has 0 saturated heterocycles. The van der Waals surface area contributed by atoms with Crippen LogP contribution in [-0.2, 0) is 0 Å². The maximum atomic E-state index is 9.24. The first-order valence-electron chi connectivity index (χ1n) is 6.86. The molecule has 0 amide bonds. The maximum Gasteiger partial charge on any atom is 0.137 e. The molecule has 0 unspecified atom stereocenters. The molecule has 1 rings (SSSR count). The predicted octanol–water partition coefficient (Wildman–Crippen LogP) is 2.16. The van der Waals surface area contributed by atoms with Crippen molar-refractivity contribution >= 4 is 11.6 Å². The molecule has 5 nitrogen and oxygen atoms in total. The standard InChI is InChI=1S/C14H26N4O/c1-9(2)12-16-13(15-6)11(5)14(17-12)18(7-8-19)10(3)4/h9-10,19H,7-8H2,1-6H3,(H,15,16,17). The molecule has 1 heterocycles. The van der Waals surface area contributed by atoms with Crippen LogP contribution in [0.1, 0.15) is 45.0 Å². The molecule has 1 aromatic rings. The molecule has 0 aliphatic heterocycles. The van der Waals surface area contributed by atoms with Crippen LogP contribution < -0.4 is 10.2 Å². The van der Waals surface area contributed by atoms with Gasteiger partial charge in [-0.1, -0.05) is 13.8 Å². The van der Waals surface area contributed by atoms with E-state index in [2.05, 4.69) is 47.9 Å². The van der Waals surface area contributed by atoms with Crippen LogP contribution in [0.25, 0.3) is 0 Å². The fourth-order valence-corrected chi connectivity index (χ4v) is 2.02. The van der Waals surface area contributed by atoms with Gasteiger partial charge in [0.15, 0.2) is 0 Å². The first kappa shape index (κ1) is 15.7. The van der Waals surface area contributed by atoms with Crippen LogP contribution in [0, 0.1) is 6.92 Å². The maximum absolute atomic E-state index is 9.24. The van der Waals surface area contributed by atoms with Crippen molar-refractivity contribution in [3.05, 3.63) is 11.4 Å². The minimum Gasteiger partial charge on any atom is -0.395 e. The molecule has 0 spiro atoms. The lowest BCUT2D eigenvalue weighted by molar-refractivity contribution is 0.298. The summed E-state index contributed by atoms with van der Waals surface area (Å²) >= 11 is 0. The van der Waals surface area contributed by atoms with Crippen LogP contribution in [-0.4, -0.2) is 41.3 Å². The van der Waals surface area contributed by atoms with Crippen molar-refractivity contribution < 1.29 is 5.11 Å². The van der Waals surface area contributed by atoms with Gasteiger partial charge < -0.3 is 15.3 Å². The van der Waals surface area contributed by atoms with E-state index >= 15 is 0 Å². The summed E-state index contributed by atoms with van der Waals surface area (Å²) in [6.07, 6.45) is 0. The topological polar surface area (TPSA) is 61.3 Å². The number of aromatic nitrogens is 2. The monoisotopic (exact) mass is 266 g/mol. The number of hydrogen-bond donors (Lipinski definition) is 2. The Morgan fingerprint density at radius 3 is 2.26 bits per heavy atom. The van der Waals surface area contributed by atoms with Crippen LogP contribution in [0.2, 0.25) is 0 Å². The quantitative estimate of drug-likeness (QED) is 0.826. The highest BCUT2D eigenvalue weighted by atomic mass is 16.3. The molecule has 0 bridgehead atoms. The summed E-state index contributed by atoms with van der Waals surface area (Å²) in [5.41, 5.74) is 1.02. The fraction of sp³-hybridized carbons (Fsp3) is 0.714. The van der Waals surface area contributed by atoms with Crippen molar-refractivity contribution in [3.8, 4) is 0 Å². The van der Waals surface area contributed by atoms with Crippen molar-refractivity contribution in [2.75, 3.05) is 30.4 Å². The second-order valence-corrected chi connectivity index (χ2v) is 5.29. The van der Waals surface area contributed by atoms with Gasteiger partial charge in [-0.05, 0) is 20.8 Å². The molecule has 0 atom stereocenters. The molecule has 5 heteroatoms. The van der Waals surface area contributed by atoms with Crippen molar-refractivity contribution in [2.24, 2.45) is 0 Å². The highest BCUT2D eigenvalue weighted by Crippen LogP contribution is 2.26. The number of aliphatic hydroxyl groups excluding tert-OH is 1. The number of nitrogens with zero attached hydrogens (tertiary/aromatic N) is 3. The normalized spacial score (nSPS) is 11.2. The van der Waals surface area contributed by atoms with E-state index in [-0.39, 0.29) is 18.6 Å². The minimum absolute atomic E-state index is 0.119. The Morgan fingerprint density at radius 2 is 1.84 bits per heavy atom. The molecule has 1 aromatic heterocycles. The Morgan fingerprint density at radius 1 is 1.21 bits per heavy atom. The van der Waals surface area contributed by atoms with Crippen molar-refractivity contribution in [1.82, 2.24) is 9.97 Å². The third-order valence-electron chi connectivity index (χ3n) is 3.13. The highest BCUT2D eigenvalue weighted by Gasteiger charge is 2.19. The molecule has 0 aliphatic rings. The Kier molecular flexibility index (Phi) is 5.54. The van der Waals surface area contributed by atoms with Crippen LogP contribution in [0.5, 0.6) is 0 Å². The molecular formula is C14H26N4O. The van der Waals surface area contributed by atoms with E-state index in [4.69, 9.17) is 0 Å². The number of hydrogen-bond acceptors (Lipinski definition) is 5. The van der Waals surface area contributed by atoms with Gasteiger partial charge in [0, 0.05) is 31.1 Å². The van der Waals surface area contributed by atoms with E-state index in [1.807, 2.05) is 14.0 Å². The van der Waals surface area contributed by atoms with E-state index in [9.17, 15) is 5.11 Å². The van der Waals surface area contributed by atoms with Crippen LogP contribution in [0.15, 0.2) is 0 Å². The number of rotatable bonds is 6. The Labute approximate surface area is 116 Å². The molecule has 0 saturated carbocycles. The van der Waals surface area contributed by atoms with Gasteiger partial charge >= 0.3 is 0 Å². The summed E-state index contributed by atoms with van der Waals surface area (Å²) in [4.78, 5) is 11.3. The molecule has 19 heavy (non-hydrogen) atoms. The second-order valence-electron chi connectivity index (χ2n) is 5.29. The van der Waals surface area contributed by atoms with Crippen LogP contribution in [0.3, 0.4) is 0 Å². The number of aliphatic hydroxyl groups is 1. The van der Waals surface area contributed by atoms with Crippen LogP contribution in [0.4, 0.5) is 11.6 Å². The lowest BCUT2D eigenvalue weighted by Gasteiger charge is -2.29. The summed E-state index contributed by atoms with van der Waals surface area (Å²) in [7, 11) is 1.87. The fourth-order valence-electron chi connectivity index (χ4n) is 2.02. The van der Waals surface area contributed by atoms with Crippen molar-refractivity contribution in [3.63, 3.8) is 0 Å². The zero-order valence-electron chi connectivity index (χ0n) is 12.9. The van der Waals surface area contributed by atoms with Gasteiger partial charge in [-0.15, -0.1) is 0 Å². The molecular weight excluding hydrogens is 240 g/mol. The predicted molar refractivity (Wildman–Crippen MR) is 80.0 cm³/mol. The van der Waals surface area contributed by atoms with E-state index in [1.165, 1.54) is 0 Å². The summed E-state index contributed by atoms with van der Waals surface area (Å²) in [5.74, 6) is 2.87. The van der Waals surface area contributed by atoms with Gasteiger partial charge in [0.05, 0.1) is 6.61 Å². The van der Waals surface area contributed by atoms with Gasteiger partial charge in [0.1, 0.15) is 17.5 Å². The lowest BCUT2D eigenvalue weighted by Crippen LogP contribution is -2.35. The molecule has 0 aliphatic carbocycles. The van der Waals surface area contributed by atoms with E-state index in [0.717, 1.165) is 23.0 Å². The summed E-state index contributed by atoms with van der Waals surface area (Å²) < 4.78 is 0. The van der Waals surface area contributed by atoms with E-state index in [0.29, 0.717) is 6.54 Å². The van der Waals surface area contributed by atoms with E-state index in [1.54, 1.807) is 0 Å².